The second kappa shape index (κ2) is 24.5. The lowest BCUT2D eigenvalue weighted by atomic mass is 10.2. The van der Waals surface area contributed by atoms with Gasteiger partial charge in [0, 0.05) is 45.3 Å². The van der Waals surface area contributed by atoms with E-state index >= 15 is 0 Å². The van der Waals surface area contributed by atoms with Crippen LogP contribution in [0.25, 0.3) is 50.9 Å². The van der Waals surface area contributed by atoms with Gasteiger partial charge in [0.25, 0.3) is 0 Å². The Morgan fingerprint density at radius 2 is 1.03 bits per heavy atom. The largest absolute Gasteiger partial charge is 0.573 e. The molecule has 6 aromatic heterocycles. The monoisotopic (exact) mass is 1200 g/mol. The molecule has 0 aliphatic heterocycles. The molecule has 1 aliphatic carbocycles. The highest BCUT2D eigenvalue weighted by Crippen LogP contribution is 2.42. The van der Waals surface area contributed by atoms with E-state index in [9.17, 15) is 17.6 Å². The van der Waals surface area contributed by atoms with Crippen LogP contribution in [0.4, 0.5) is 70.3 Å². The summed E-state index contributed by atoms with van der Waals surface area (Å²) in [5.74, 6) is 4.14. The minimum Gasteiger partial charge on any atom is -0.406 e. The second-order valence-electron chi connectivity index (χ2n) is 19.2. The minimum atomic E-state index is -4.75. The highest BCUT2D eigenvalue weighted by molar-refractivity contribution is 7.98. The van der Waals surface area contributed by atoms with Gasteiger partial charge < -0.3 is 37.9 Å². The molecule has 0 unspecified atom stereocenters. The molecule has 0 bridgehead atoms. The van der Waals surface area contributed by atoms with E-state index in [0.717, 1.165) is 74.8 Å². The number of anilines is 9. The normalized spacial score (nSPS) is 12.2. The van der Waals surface area contributed by atoms with Crippen molar-refractivity contribution in [3.63, 3.8) is 0 Å². The summed E-state index contributed by atoms with van der Waals surface area (Å²) >= 11 is 3.35. The molecule has 13 rings (SSSR count). The number of aryl methyl sites for hydroxylation is 3. The van der Waals surface area contributed by atoms with Crippen LogP contribution in [0, 0.1) is 19.7 Å². The number of nitrogens with one attached hydrogen (secondary N) is 3. The highest BCUT2D eigenvalue weighted by Gasteiger charge is 2.32. The summed E-state index contributed by atoms with van der Waals surface area (Å²) in [5.41, 5.74) is 25.9. The van der Waals surface area contributed by atoms with E-state index in [4.69, 9.17) is 27.2 Å². The molecule has 28 heteroatoms. The topological polar surface area (TPSA) is 293 Å². The van der Waals surface area contributed by atoms with E-state index in [1.54, 1.807) is 41.1 Å². The summed E-state index contributed by atoms with van der Waals surface area (Å²) in [6.07, 6.45) is 2.15. The number of hydrogen-bond donors (Lipinski definition) is 6. The number of para-hydroxylation sites is 3. The molecule has 0 atom stereocenters. The number of imidazole rings is 3. The predicted molar refractivity (Wildman–Crippen MR) is 327 cm³/mol. The molecule has 6 heterocycles. The molecule has 1 fully saturated rings. The Hall–Kier alpha value is -10.2. The fraction of sp³-hybridized carbons (Fsp3) is 0.172. The van der Waals surface area contributed by atoms with Crippen molar-refractivity contribution in [2.45, 2.75) is 62.1 Å². The predicted octanol–water partition coefficient (Wildman–Crippen LogP) is 12.1. The lowest BCUT2D eigenvalue weighted by Crippen LogP contribution is -2.17. The average Bonchev–Trinajstić information content (AvgIpc) is 2.04. The van der Waals surface area contributed by atoms with Gasteiger partial charge in [-0.25, -0.2) is 19.3 Å². The maximum atomic E-state index is 13.7. The summed E-state index contributed by atoms with van der Waals surface area (Å²) in [4.78, 5) is 55.1. The van der Waals surface area contributed by atoms with E-state index in [-0.39, 0.29) is 41.3 Å². The van der Waals surface area contributed by atoms with E-state index in [0.29, 0.717) is 52.3 Å². The third kappa shape index (κ3) is 13.2. The van der Waals surface area contributed by atoms with Crippen molar-refractivity contribution in [2.24, 2.45) is 0 Å². The zero-order chi connectivity index (χ0) is 60.2. The molecule has 0 radical (unpaired) electrons. The number of rotatable bonds is 14. The summed E-state index contributed by atoms with van der Waals surface area (Å²) in [6, 6.07) is 39.2. The first-order valence-electron chi connectivity index (χ1n) is 26.6. The zero-order valence-electron chi connectivity index (χ0n) is 46.6. The van der Waals surface area contributed by atoms with Crippen molar-refractivity contribution in [1.82, 2.24) is 73.5 Å². The van der Waals surface area contributed by atoms with Crippen LogP contribution in [0.3, 0.4) is 0 Å². The number of benzene rings is 6. The molecule has 12 aromatic rings. The Labute approximate surface area is 496 Å². The number of ether oxygens (including phenoxy) is 1. The molecule has 0 spiro atoms. The van der Waals surface area contributed by atoms with Crippen LogP contribution < -0.4 is 37.9 Å². The number of fused-ring (bicyclic) bond motifs is 3. The Kier molecular flexibility index (Phi) is 16.4. The van der Waals surface area contributed by atoms with Crippen LogP contribution in [0.15, 0.2) is 143 Å². The van der Waals surface area contributed by atoms with Gasteiger partial charge in [0.1, 0.15) is 29.0 Å². The van der Waals surface area contributed by atoms with E-state index in [1.807, 2.05) is 120 Å². The van der Waals surface area contributed by atoms with Crippen LogP contribution in [0.5, 0.6) is 5.75 Å². The smallest absolute Gasteiger partial charge is 0.406 e. The Morgan fingerprint density at radius 3 is 1.56 bits per heavy atom. The first kappa shape index (κ1) is 57.6. The van der Waals surface area contributed by atoms with Gasteiger partial charge in [0.15, 0.2) is 0 Å². The number of thioether (sulfide) groups is 2. The molecule has 0 saturated heterocycles. The fourth-order valence-corrected chi connectivity index (χ4v) is 9.94. The molecule has 1 saturated carbocycles. The average molecular weight is 1200 g/mol. The van der Waals surface area contributed by atoms with Gasteiger partial charge in [0.05, 0.1) is 33.1 Å². The number of aromatic nitrogens is 15. The number of hydrogen-bond acceptors (Lipinski definition) is 21. The molecule has 1 aliphatic rings. The van der Waals surface area contributed by atoms with Crippen molar-refractivity contribution in [3.8, 4) is 23.6 Å². The first-order valence-corrected chi connectivity index (χ1v) is 29.0. The maximum absolute atomic E-state index is 13.7. The Bertz CT molecular complexity index is 4400. The van der Waals surface area contributed by atoms with Crippen molar-refractivity contribution in [1.29, 1.82) is 0 Å². The molecule has 22 nitrogen and oxygen atoms in total. The van der Waals surface area contributed by atoms with Crippen LogP contribution >= 0.6 is 23.5 Å². The maximum Gasteiger partial charge on any atom is 0.573 e. The van der Waals surface area contributed by atoms with Crippen LogP contribution in [0.1, 0.15) is 48.7 Å². The molecule has 6 aromatic carbocycles. The number of nitrogen functional groups attached to an aromatic ring is 3. The van der Waals surface area contributed by atoms with Gasteiger partial charge in [-0.15, -0.1) is 36.7 Å². The Morgan fingerprint density at radius 1 is 0.535 bits per heavy atom. The minimum absolute atomic E-state index is 0.00375. The quantitative estimate of drug-likeness (QED) is 0.0435. The number of halogens is 4. The second-order valence-corrected chi connectivity index (χ2v) is 21.0. The van der Waals surface area contributed by atoms with Gasteiger partial charge in [0.2, 0.25) is 53.5 Å². The lowest BCUT2D eigenvalue weighted by molar-refractivity contribution is -0.274. The van der Waals surface area contributed by atoms with Crippen molar-refractivity contribution in [2.75, 3.05) is 45.7 Å². The summed E-state index contributed by atoms with van der Waals surface area (Å²) in [5, 5.41) is 9.26. The number of alkyl halides is 3. The lowest BCUT2D eigenvalue weighted by Gasteiger charge is -2.11. The molecule has 436 valence electrons. The SMILES string of the molecule is CCc1nc2c(C)cccc2n1-c1nc(N)nc(Nc2ccc(SC)cc2)n1.CSc1ccc(Nc2nc(N)nc(-n3c(C)nc4ccc(F)cc43)n2)cc1.Nc1nc(Nc2ccc(OC(F)(F)F)cc2)nc(-n2c(C3CC3)nc3ccccc32)n1. The molecular formula is C58H53F4N21OS2. The van der Waals surface area contributed by atoms with Gasteiger partial charge in [-0.05, 0) is 148 Å². The summed E-state index contributed by atoms with van der Waals surface area (Å²) in [6.45, 7) is 5.91. The number of nitrogens with zero attached hydrogens (tertiary/aromatic N) is 15. The van der Waals surface area contributed by atoms with Crippen molar-refractivity contribution < 1.29 is 22.3 Å². The summed E-state index contributed by atoms with van der Waals surface area (Å²) in [7, 11) is 0. The van der Waals surface area contributed by atoms with Gasteiger partial charge in [-0.1, -0.05) is 31.2 Å². The number of nitrogens with two attached hydrogens (primary N) is 3. The fourth-order valence-electron chi connectivity index (χ4n) is 9.13. The van der Waals surface area contributed by atoms with Gasteiger partial charge in [-0.3, -0.25) is 13.7 Å². The summed E-state index contributed by atoms with van der Waals surface area (Å²) < 4.78 is 60.1. The molecular weight excluding hydrogens is 1150 g/mol. The third-order valence-corrected chi connectivity index (χ3v) is 14.6. The third-order valence-electron chi connectivity index (χ3n) is 13.1. The molecule has 9 N–H and O–H groups in total. The van der Waals surface area contributed by atoms with E-state index in [1.165, 1.54) is 41.3 Å². The van der Waals surface area contributed by atoms with Gasteiger partial charge in [-0.2, -0.15) is 44.9 Å². The van der Waals surface area contributed by atoms with E-state index < -0.39 is 6.36 Å². The van der Waals surface area contributed by atoms with Crippen molar-refractivity contribution in [3.05, 3.63) is 162 Å². The highest BCUT2D eigenvalue weighted by atomic mass is 32.2. The van der Waals surface area contributed by atoms with Crippen LogP contribution in [-0.4, -0.2) is 92.4 Å². The van der Waals surface area contributed by atoms with Crippen molar-refractivity contribution >= 4 is 109 Å². The first-order chi connectivity index (χ1) is 41.5. The zero-order valence-corrected chi connectivity index (χ0v) is 48.2. The molecule has 0 amide bonds. The standard InChI is InChI=1S/C20H16F3N7O.C20H21N7S.C18H16FN7S/c21-20(22,23)31-13-9-7-12(8-10-13)25-18-27-17(24)28-19(29-18)30-15-4-2-1-3-14(15)26-16(30)11-5-6-11;1-4-16-23-17-12(2)6-5-7-15(17)27(16)20-25-18(21)24-19(26-20)22-13-8-10-14(28-3)11-9-13;1-10-21-14-8-3-11(19)9-15(14)26(10)18-24-16(20)23-17(25-18)22-12-4-6-13(27-2)7-5-12/h1-4,7-11H,5-6H2,(H3,24,25,27,28,29);5-11H,4H2,1-3H3,(H3,21,22,24,25,26);3-9H,1-2H3,(H3,20,22,23,24,25). The van der Waals surface area contributed by atoms with E-state index in [2.05, 4.69) is 77.5 Å². The molecule has 86 heavy (non-hydrogen) atoms. The Balaban J connectivity index is 0.000000134. The van der Waals surface area contributed by atoms with Gasteiger partial charge >= 0.3 is 6.36 Å². The van der Waals surface area contributed by atoms with Crippen LogP contribution in [0.2, 0.25) is 0 Å². The van der Waals surface area contributed by atoms with Crippen LogP contribution in [-0.2, 0) is 6.42 Å².